The number of halogens is 1. The molecule has 0 heterocycles. The topological polar surface area (TPSA) is 32.3 Å². The largest absolute Gasteiger partial charge is 0.394 e. The molecule has 2 nitrogen and oxygen atoms in total. The van der Waals surface area contributed by atoms with Gasteiger partial charge >= 0.3 is 0 Å². The second kappa shape index (κ2) is 6.20. The molecule has 0 spiro atoms. The van der Waals surface area contributed by atoms with Crippen LogP contribution < -0.4 is 5.32 Å². The van der Waals surface area contributed by atoms with Gasteiger partial charge in [0.05, 0.1) is 12.6 Å². The van der Waals surface area contributed by atoms with E-state index in [0.29, 0.717) is 0 Å². The van der Waals surface area contributed by atoms with Crippen LogP contribution in [0.2, 0.25) is 0 Å². The Morgan fingerprint density at radius 1 is 1.17 bits per heavy atom. The molecule has 0 fully saturated rings. The minimum absolute atomic E-state index is 0.0687. The number of nitrogens with one attached hydrogen (secondary N) is 1. The van der Waals surface area contributed by atoms with Crippen molar-refractivity contribution in [2.45, 2.75) is 13.0 Å². The SMILES string of the molecule is Cc1ccccc1NC(CO)c1cccc(I)c1. The van der Waals surface area contributed by atoms with Gasteiger partial charge in [-0.05, 0) is 58.8 Å². The van der Waals surface area contributed by atoms with Gasteiger partial charge in [-0.15, -0.1) is 0 Å². The Balaban J connectivity index is 2.23. The highest BCUT2D eigenvalue weighted by Crippen LogP contribution is 2.23. The van der Waals surface area contributed by atoms with E-state index in [1.54, 1.807) is 0 Å². The summed E-state index contributed by atoms with van der Waals surface area (Å²) < 4.78 is 1.18. The number of anilines is 1. The molecule has 2 rings (SSSR count). The Morgan fingerprint density at radius 2 is 1.94 bits per heavy atom. The van der Waals surface area contributed by atoms with Crippen molar-refractivity contribution in [1.29, 1.82) is 0 Å². The van der Waals surface area contributed by atoms with Crippen molar-refractivity contribution in [3.63, 3.8) is 0 Å². The molecule has 0 aromatic heterocycles. The Hall–Kier alpha value is -1.07. The minimum atomic E-state index is -0.0687. The first-order chi connectivity index (χ1) is 8.70. The molecule has 2 N–H and O–H groups in total. The van der Waals surface area contributed by atoms with Crippen molar-refractivity contribution in [3.8, 4) is 0 Å². The Kier molecular flexibility index (Phi) is 4.60. The Labute approximate surface area is 121 Å². The molecule has 2 aromatic carbocycles. The summed E-state index contributed by atoms with van der Waals surface area (Å²) in [6.45, 7) is 2.14. The summed E-state index contributed by atoms with van der Waals surface area (Å²) in [6, 6.07) is 16.2. The quantitative estimate of drug-likeness (QED) is 0.821. The maximum atomic E-state index is 9.56. The average molecular weight is 353 g/mol. The van der Waals surface area contributed by atoms with Crippen molar-refractivity contribution in [3.05, 3.63) is 63.2 Å². The van der Waals surface area contributed by atoms with Gasteiger partial charge in [0.15, 0.2) is 0 Å². The lowest BCUT2D eigenvalue weighted by atomic mass is 10.1. The van der Waals surface area contributed by atoms with Crippen molar-refractivity contribution < 1.29 is 5.11 Å². The van der Waals surface area contributed by atoms with E-state index in [-0.39, 0.29) is 12.6 Å². The van der Waals surface area contributed by atoms with E-state index in [9.17, 15) is 5.11 Å². The summed E-state index contributed by atoms with van der Waals surface area (Å²) in [4.78, 5) is 0. The molecule has 3 heteroatoms. The fourth-order valence-corrected chi connectivity index (χ4v) is 2.45. The van der Waals surface area contributed by atoms with Gasteiger partial charge in [0, 0.05) is 9.26 Å². The summed E-state index contributed by atoms with van der Waals surface area (Å²) in [5.41, 5.74) is 3.35. The predicted molar refractivity (Wildman–Crippen MR) is 83.8 cm³/mol. The normalized spacial score (nSPS) is 12.2. The summed E-state index contributed by atoms with van der Waals surface area (Å²) in [6.07, 6.45) is 0. The number of rotatable bonds is 4. The highest BCUT2D eigenvalue weighted by atomic mass is 127. The maximum Gasteiger partial charge on any atom is 0.0745 e. The van der Waals surface area contributed by atoms with Gasteiger partial charge in [-0.1, -0.05) is 30.3 Å². The van der Waals surface area contributed by atoms with Gasteiger partial charge in [0.2, 0.25) is 0 Å². The number of aliphatic hydroxyl groups is 1. The van der Waals surface area contributed by atoms with Crippen molar-refractivity contribution >= 4 is 28.3 Å². The molecule has 0 bridgehead atoms. The van der Waals surface area contributed by atoms with Gasteiger partial charge in [0.1, 0.15) is 0 Å². The number of aryl methyl sites for hydroxylation is 1. The van der Waals surface area contributed by atoms with Crippen LogP contribution in [0.25, 0.3) is 0 Å². The summed E-state index contributed by atoms with van der Waals surface area (Å²) >= 11 is 2.28. The lowest BCUT2D eigenvalue weighted by Crippen LogP contribution is -2.15. The van der Waals surface area contributed by atoms with Gasteiger partial charge in [-0.25, -0.2) is 0 Å². The van der Waals surface area contributed by atoms with E-state index in [4.69, 9.17) is 0 Å². The van der Waals surface area contributed by atoms with E-state index in [1.807, 2.05) is 36.4 Å². The number of benzene rings is 2. The number of hydrogen-bond donors (Lipinski definition) is 2. The van der Waals surface area contributed by atoms with Crippen molar-refractivity contribution in [1.82, 2.24) is 0 Å². The zero-order chi connectivity index (χ0) is 13.0. The van der Waals surface area contributed by atoms with E-state index in [1.165, 1.54) is 9.13 Å². The fraction of sp³-hybridized carbons (Fsp3) is 0.200. The number of hydrogen-bond acceptors (Lipinski definition) is 2. The molecule has 0 radical (unpaired) electrons. The lowest BCUT2D eigenvalue weighted by Gasteiger charge is -2.19. The van der Waals surface area contributed by atoms with E-state index < -0.39 is 0 Å². The van der Waals surface area contributed by atoms with E-state index >= 15 is 0 Å². The molecule has 0 saturated carbocycles. The highest BCUT2D eigenvalue weighted by Gasteiger charge is 2.11. The van der Waals surface area contributed by atoms with Crippen molar-refractivity contribution in [2.75, 3.05) is 11.9 Å². The second-order valence-corrected chi connectivity index (χ2v) is 5.50. The van der Waals surface area contributed by atoms with Gasteiger partial charge in [-0.2, -0.15) is 0 Å². The van der Waals surface area contributed by atoms with Crippen LogP contribution in [0.3, 0.4) is 0 Å². The first kappa shape index (κ1) is 13.4. The summed E-state index contributed by atoms with van der Waals surface area (Å²) in [7, 11) is 0. The van der Waals surface area contributed by atoms with Crippen LogP contribution in [0.4, 0.5) is 5.69 Å². The minimum Gasteiger partial charge on any atom is -0.394 e. The Bertz CT molecular complexity index is 527. The molecule has 0 aliphatic rings. The van der Waals surface area contributed by atoms with Crippen LogP contribution in [-0.4, -0.2) is 11.7 Å². The van der Waals surface area contributed by atoms with Crippen LogP contribution in [0.15, 0.2) is 48.5 Å². The van der Waals surface area contributed by atoms with Crippen LogP contribution in [0.1, 0.15) is 17.2 Å². The molecule has 0 aliphatic carbocycles. The smallest absolute Gasteiger partial charge is 0.0745 e. The van der Waals surface area contributed by atoms with Gasteiger partial charge in [-0.3, -0.25) is 0 Å². The third kappa shape index (κ3) is 3.23. The van der Waals surface area contributed by atoms with Crippen LogP contribution >= 0.6 is 22.6 Å². The van der Waals surface area contributed by atoms with E-state index in [2.05, 4.69) is 47.0 Å². The number of aliphatic hydroxyl groups excluding tert-OH is 1. The molecule has 94 valence electrons. The first-order valence-corrected chi connectivity index (χ1v) is 6.97. The average Bonchev–Trinajstić information content (AvgIpc) is 2.38. The van der Waals surface area contributed by atoms with Crippen molar-refractivity contribution in [2.24, 2.45) is 0 Å². The molecule has 2 aromatic rings. The maximum absolute atomic E-state index is 9.56. The molecule has 18 heavy (non-hydrogen) atoms. The molecular weight excluding hydrogens is 337 g/mol. The predicted octanol–water partition coefficient (Wildman–Crippen LogP) is 3.75. The standard InChI is InChI=1S/C15H16INO/c1-11-5-2-3-8-14(11)17-15(10-18)12-6-4-7-13(16)9-12/h2-9,15,17-18H,10H2,1H3. The highest BCUT2D eigenvalue weighted by molar-refractivity contribution is 14.1. The molecular formula is C15H16INO. The molecule has 0 aliphatic heterocycles. The third-order valence-electron chi connectivity index (χ3n) is 2.91. The molecule has 1 unspecified atom stereocenters. The Morgan fingerprint density at radius 3 is 2.61 bits per heavy atom. The summed E-state index contributed by atoms with van der Waals surface area (Å²) in [5, 5.41) is 12.9. The van der Waals surface area contributed by atoms with Crippen LogP contribution in [-0.2, 0) is 0 Å². The second-order valence-electron chi connectivity index (χ2n) is 4.25. The third-order valence-corrected chi connectivity index (χ3v) is 3.58. The molecule has 1 atom stereocenters. The monoisotopic (exact) mass is 353 g/mol. The number of para-hydroxylation sites is 1. The fourth-order valence-electron chi connectivity index (χ4n) is 1.88. The van der Waals surface area contributed by atoms with Gasteiger partial charge in [0.25, 0.3) is 0 Å². The van der Waals surface area contributed by atoms with Gasteiger partial charge < -0.3 is 10.4 Å². The lowest BCUT2D eigenvalue weighted by molar-refractivity contribution is 0.276. The van der Waals surface area contributed by atoms with Crippen LogP contribution in [0, 0.1) is 10.5 Å². The molecule has 0 saturated heterocycles. The van der Waals surface area contributed by atoms with Crippen LogP contribution in [0.5, 0.6) is 0 Å². The first-order valence-electron chi connectivity index (χ1n) is 5.89. The van der Waals surface area contributed by atoms with E-state index in [0.717, 1.165) is 11.3 Å². The molecule has 0 amide bonds. The zero-order valence-electron chi connectivity index (χ0n) is 10.2. The zero-order valence-corrected chi connectivity index (χ0v) is 12.4. The summed E-state index contributed by atoms with van der Waals surface area (Å²) in [5.74, 6) is 0.